The van der Waals surface area contributed by atoms with E-state index in [0.717, 1.165) is 32.5 Å². The maximum Gasteiger partial charge on any atom is 0.335 e. The number of nitrogens with one attached hydrogen (secondary N) is 1. The molecule has 5 heteroatoms. The molecule has 0 spiro atoms. The molecular formula is C16H27N3O2. The molecule has 0 aliphatic heterocycles. The molecule has 0 amide bonds. The second-order valence-electron chi connectivity index (χ2n) is 5.32. The Balaban J connectivity index is 2.52. The van der Waals surface area contributed by atoms with Gasteiger partial charge in [0, 0.05) is 6.04 Å². The smallest absolute Gasteiger partial charge is 0.335 e. The minimum Gasteiger partial charge on any atom is -0.478 e. The molecule has 118 valence electrons. The highest BCUT2D eigenvalue weighted by Crippen LogP contribution is 2.21. The fourth-order valence-electron chi connectivity index (χ4n) is 2.31. The zero-order chi connectivity index (χ0) is 15.8. The Hall–Kier alpha value is -1.75. The van der Waals surface area contributed by atoms with Gasteiger partial charge >= 0.3 is 5.97 Å². The summed E-state index contributed by atoms with van der Waals surface area (Å²) in [4.78, 5) is 13.4. The van der Waals surface area contributed by atoms with E-state index in [1.54, 1.807) is 12.1 Å². The Morgan fingerprint density at radius 2 is 2.05 bits per heavy atom. The van der Waals surface area contributed by atoms with Gasteiger partial charge in [0.05, 0.1) is 16.9 Å². The molecule has 5 nitrogen and oxygen atoms in total. The first-order valence-electron chi connectivity index (χ1n) is 7.59. The van der Waals surface area contributed by atoms with Crippen LogP contribution >= 0.6 is 0 Å². The lowest BCUT2D eigenvalue weighted by atomic mass is 10.1. The lowest BCUT2D eigenvalue weighted by Gasteiger charge is -2.21. The molecule has 1 unspecified atom stereocenters. The van der Waals surface area contributed by atoms with Gasteiger partial charge in [0.2, 0.25) is 0 Å². The highest BCUT2D eigenvalue weighted by molar-refractivity contribution is 5.90. The fourth-order valence-corrected chi connectivity index (χ4v) is 2.31. The van der Waals surface area contributed by atoms with Crippen LogP contribution in [0.1, 0.15) is 44.0 Å². The predicted molar refractivity (Wildman–Crippen MR) is 87.9 cm³/mol. The van der Waals surface area contributed by atoms with Crippen molar-refractivity contribution in [2.45, 2.75) is 39.7 Å². The van der Waals surface area contributed by atoms with Crippen molar-refractivity contribution >= 4 is 17.3 Å². The molecule has 4 N–H and O–H groups in total. The zero-order valence-corrected chi connectivity index (χ0v) is 13.2. The second-order valence-corrected chi connectivity index (χ2v) is 5.32. The molecule has 1 aromatic rings. The molecule has 0 saturated carbocycles. The number of aromatic carboxylic acids is 1. The largest absolute Gasteiger partial charge is 0.478 e. The third kappa shape index (κ3) is 5.63. The number of nitrogen functional groups attached to an aromatic ring is 1. The van der Waals surface area contributed by atoms with Crippen LogP contribution in [0, 0.1) is 0 Å². The van der Waals surface area contributed by atoms with Crippen LogP contribution in [0.25, 0.3) is 0 Å². The van der Waals surface area contributed by atoms with Gasteiger partial charge in [-0.2, -0.15) is 0 Å². The topological polar surface area (TPSA) is 78.6 Å². The number of carboxylic acids is 1. The molecule has 21 heavy (non-hydrogen) atoms. The molecule has 0 radical (unpaired) electrons. The Labute approximate surface area is 127 Å². The number of benzene rings is 1. The number of hydrogen-bond acceptors (Lipinski definition) is 4. The average Bonchev–Trinajstić information content (AvgIpc) is 2.45. The van der Waals surface area contributed by atoms with Crippen molar-refractivity contribution in [1.29, 1.82) is 0 Å². The van der Waals surface area contributed by atoms with E-state index in [1.807, 2.05) is 0 Å². The first-order valence-corrected chi connectivity index (χ1v) is 7.59. The highest BCUT2D eigenvalue weighted by Gasteiger charge is 2.09. The highest BCUT2D eigenvalue weighted by atomic mass is 16.4. The summed E-state index contributed by atoms with van der Waals surface area (Å²) >= 11 is 0. The van der Waals surface area contributed by atoms with E-state index < -0.39 is 5.97 Å². The van der Waals surface area contributed by atoms with Gasteiger partial charge in [0.25, 0.3) is 0 Å². The Morgan fingerprint density at radius 1 is 1.38 bits per heavy atom. The zero-order valence-electron chi connectivity index (χ0n) is 13.2. The van der Waals surface area contributed by atoms with Gasteiger partial charge in [-0.15, -0.1) is 0 Å². The summed E-state index contributed by atoms with van der Waals surface area (Å²) in [6.07, 6.45) is 2.13. The van der Waals surface area contributed by atoms with Crippen LogP contribution in [0.2, 0.25) is 0 Å². The van der Waals surface area contributed by atoms with Gasteiger partial charge in [0.1, 0.15) is 0 Å². The summed E-state index contributed by atoms with van der Waals surface area (Å²) in [7, 11) is 0. The summed E-state index contributed by atoms with van der Waals surface area (Å²) in [6, 6.07) is 5.01. The SMILES string of the molecule is CCN(CC)CCCC(C)Nc1cc(C(=O)O)ccc1N. The Bertz CT molecular complexity index is 459. The summed E-state index contributed by atoms with van der Waals surface area (Å²) in [6.45, 7) is 9.67. The molecule has 0 heterocycles. The average molecular weight is 293 g/mol. The molecule has 1 rings (SSSR count). The van der Waals surface area contributed by atoms with Gasteiger partial charge in [-0.3, -0.25) is 0 Å². The molecule has 0 bridgehead atoms. The Morgan fingerprint density at radius 3 is 2.62 bits per heavy atom. The number of carbonyl (C=O) groups is 1. The number of hydrogen-bond donors (Lipinski definition) is 3. The molecule has 0 saturated heterocycles. The second kappa shape index (κ2) is 8.52. The molecule has 0 fully saturated rings. The van der Waals surface area contributed by atoms with E-state index in [2.05, 4.69) is 31.0 Å². The summed E-state index contributed by atoms with van der Waals surface area (Å²) in [5.41, 5.74) is 7.42. The van der Waals surface area contributed by atoms with E-state index in [-0.39, 0.29) is 11.6 Å². The number of carboxylic acid groups (broad SMARTS) is 1. The van der Waals surface area contributed by atoms with Crippen LogP contribution in [0.5, 0.6) is 0 Å². The van der Waals surface area contributed by atoms with Crippen LogP contribution < -0.4 is 11.1 Å². The molecule has 0 aromatic heterocycles. The molecule has 1 atom stereocenters. The van der Waals surface area contributed by atoms with Crippen molar-refractivity contribution in [2.24, 2.45) is 0 Å². The predicted octanol–water partition coefficient (Wildman–Crippen LogP) is 2.89. The van der Waals surface area contributed by atoms with Crippen LogP contribution in [0.3, 0.4) is 0 Å². The number of nitrogens with two attached hydrogens (primary N) is 1. The van der Waals surface area contributed by atoms with Gasteiger partial charge in [-0.25, -0.2) is 4.79 Å². The van der Waals surface area contributed by atoms with Gasteiger partial charge < -0.3 is 21.1 Å². The van der Waals surface area contributed by atoms with Gasteiger partial charge in [-0.05, 0) is 57.6 Å². The van der Waals surface area contributed by atoms with Gasteiger partial charge in [0.15, 0.2) is 0 Å². The molecular weight excluding hydrogens is 266 g/mol. The van der Waals surface area contributed by atoms with Crippen LogP contribution in [-0.4, -0.2) is 41.7 Å². The van der Waals surface area contributed by atoms with Crippen molar-refractivity contribution in [3.63, 3.8) is 0 Å². The first-order chi connectivity index (χ1) is 9.97. The van der Waals surface area contributed by atoms with E-state index >= 15 is 0 Å². The van der Waals surface area contributed by atoms with Crippen LogP contribution in [-0.2, 0) is 0 Å². The number of nitrogens with zero attached hydrogens (tertiary/aromatic N) is 1. The monoisotopic (exact) mass is 293 g/mol. The lowest BCUT2D eigenvalue weighted by Crippen LogP contribution is -2.25. The third-order valence-electron chi connectivity index (χ3n) is 3.71. The van der Waals surface area contributed by atoms with Crippen molar-refractivity contribution in [2.75, 3.05) is 30.7 Å². The minimum absolute atomic E-state index is 0.252. The van der Waals surface area contributed by atoms with Crippen molar-refractivity contribution < 1.29 is 9.90 Å². The molecule has 0 aliphatic carbocycles. The van der Waals surface area contributed by atoms with Crippen molar-refractivity contribution in [3.8, 4) is 0 Å². The number of anilines is 2. The van der Waals surface area contributed by atoms with Gasteiger partial charge in [-0.1, -0.05) is 13.8 Å². The number of rotatable bonds is 9. The van der Waals surface area contributed by atoms with E-state index in [1.165, 1.54) is 6.07 Å². The first kappa shape index (κ1) is 17.3. The fraction of sp³-hybridized carbons (Fsp3) is 0.562. The van der Waals surface area contributed by atoms with Crippen LogP contribution in [0.4, 0.5) is 11.4 Å². The molecule has 1 aromatic carbocycles. The van der Waals surface area contributed by atoms with Crippen molar-refractivity contribution in [3.05, 3.63) is 23.8 Å². The summed E-state index contributed by atoms with van der Waals surface area (Å²) in [5, 5.41) is 12.3. The Kier molecular flexibility index (Phi) is 7.02. The normalized spacial score (nSPS) is 12.4. The lowest BCUT2D eigenvalue weighted by molar-refractivity contribution is 0.0697. The maximum atomic E-state index is 11.0. The van der Waals surface area contributed by atoms with Crippen LogP contribution in [0.15, 0.2) is 18.2 Å². The van der Waals surface area contributed by atoms with Crippen molar-refractivity contribution in [1.82, 2.24) is 4.90 Å². The van der Waals surface area contributed by atoms with E-state index in [4.69, 9.17) is 10.8 Å². The van der Waals surface area contributed by atoms with E-state index in [0.29, 0.717) is 11.4 Å². The summed E-state index contributed by atoms with van der Waals surface area (Å²) in [5.74, 6) is -0.938. The third-order valence-corrected chi connectivity index (χ3v) is 3.71. The summed E-state index contributed by atoms with van der Waals surface area (Å²) < 4.78 is 0. The molecule has 0 aliphatic rings. The standard InChI is InChI=1S/C16H27N3O2/c1-4-19(5-2)10-6-7-12(3)18-15-11-13(16(20)21)8-9-14(15)17/h8-9,11-12,18H,4-7,10,17H2,1-3H3,(H,20,21). The maximum absolute atomic E-state index is 11.0. The minimum atomic E-state index is -0.938. The van der Waals surface area contributed by atoms with E-state index in [9.17, 15) is 4.79 Å². The quantitative estimate of drug-likeness (QED) is 0.610.